The summed E-state index contributed by atoms with van der Waals surface area (Å²) in [7, 11) is 0. The third-order valence-electron chi connectivity index (χ3n) is 6.80. The Morgan fingerprint density at radius 3 is 2.72 bits per heavy atom. The molecule has 0 aliphatic carbocycles. The number of nitrogens with one attached hydrogen (secondary N) is 4. The van der Waals surface area contributed by atoms with Crippen LogP contribution in [0.25, 0.3) is 0 Å². The monoisotopic (exact) mass is 769 g/mol. The normalized spacial score (nSPS) is 29.8. The van der Waals surface area contributed by atoms with Gasteiger partial charge in [-0.25, -0.2) is 0 Å². The van der Waals surface area contributed by atoms with Gasteiger partial charge in [0.15, 0.2) is 0 Å². The van der Waals surface area contributed by atoms with Crippen molar-refractivity contribution in [2.75, 3.05) is 18.8 Å². The van der Waals surface area contributed by atoms with E-state index in [0.717, 1.165) is 5.04 Å². The molecular weight excluding hydrogens is 736 g/mol. The number of thioether (sulfide) groups is 1. The molecule has 1 aromatic heterocycles. The number of nitrogens with two attached hydrogens (primary N) is 1. The smallest absolute Gasteiger partial charge is 0.107 e. The molecule has 0 aromatic carbocycles. The van der Waals surface area contributed by atoms with E-state index in [-0.39, 0.29) is 30.2 Å². The maximum absolute atomic E-state index is 13.5. The van der Waals surface area contributed by atoms with E-state index in [2.05, 4.69) is 37.8 Å². The molecule has 3 aliphatic heterocycles. The number of hydrogen-bond acceptors (Lipinski definition) is 10. The maximum atomic E-state index is 13.5. The van der Waals surface area contributed by atoms with Crippen molar-refractivity contribution in [3.8, 4) is 0 Å². The van der Waals surface area contributed by atoms with Crippen molar-refractivity contribution >= 4 is 77.5 Å². The predicted molar refractivity (Wildman–Crippen MR) is 152 cm³/mol. The minimum Gasteiger partial charge on any atom is -0.107 e. The van der Waals surface area contributed by atoms with Gasteiger partial charge in [0.1, 0.15) is 0 Å². The summed E-state index contributed by atoms with van der Waals surface area (Å²) in [6.45, 7) is 8.33. The van der Waals surface area contributed by atoms with Crippen molar-refractivity contribution < 1.29 is 19.2 Å². The first-order valence-corrected chi connectivity index (χ1v) is 17.4. The first kappa shape index (κ1) is 29.9. The van der Waals surface area contributed by atoms with Gasteiger partial charge in [0.25, 0.3) is 0 Å². The first-order valence-electron chi connectivity index (χ1n) is 12.8. The van der Waals surface area contributed by atoms with Gasteiger partial charge in [-0.1, -0.05) is 0 Å². The van der Waals surface area contributed by atoms with Crippen LogP contribution in [-0.4, -0.2) is 113 Å². The molecule has 39 heavy (non-hydrogen) atoms. The second kappa shape index (κ2) is 13.1. The zero-order chi connectivity index (χ0) is 28.3. The second-order valence-corrected chi connectivity index (χ2v) is 13.4. The third-order valence-corrected chi connectivity index (χ3v) is 10.5. The van der Waals surface area contributed by atoms with Crippen LogP contribution in [0.1, 0.15) is 48.2 Å². The molecule has 4 rings (SSSR count). The Morgan fingerprint density at radius 1 is 1.23 bits per heavy atom. The molecule has 4 amide bonds. The van der Waals surface area contributed by atoms with Gasteiger partial charge in [0.2, 0.25) is 0 Å². The molecule has 3 aliphatic rings. The van der Waals surface area contributed by atoms with Gasteiger partial charge in [0, 0.05) is 0 Å². The summed E-state index contributed by atoms with van der Waals surface area (Å²) in [6, 6.07) is -3.52. The molecule has 4 bridgehead atoms. The Kier molecular flexibility index (Phi) is 10.0. The standard InChI is InChI=1S/C24H33N8O4S2.Pb/c1-11(25)19-22(35)26-8-18-29-15(9-37-18)12(2)27-13(3)23-30-16(10-38-23)20(33)28-14(4)24(36)32-7-5-6-17(32)21(34)31-19;/h10-11,13-15,17,19,27H,2,4-9,25H2,1,3H3,(H,26,35)(H,28,33)(H,31,34);/t11-,13-,14?,15?,17?,19?;/m1./s1. The Morgan fingerprint density at radius 2 is 2.00 bits per heavy atom. The van der Waals surface area contributed by atoms with Crippen molar-refractivity contribution in [3.63, 3.8) is 0 Å². The first-order chi connectivity index (χ1) is 18.6. The quantitative estimate of drug-likeness (QED) is 0.250. The summed E-state index contributed by atoms with van der Waals surface area (Å²) in [5, 5.41) is 14.9. The van der Waals surface area contributed by atoms with Crippen LogP contribution in [0, 0.1) is 0 Å². The number of aliphatic imine (C=N–C) groups is 1. The summed E-state index contributed by atoms with van der Waals surface area (Å²) in [6.07, 6.45) is 1.11. The summed E-state index contributed by atoms with van der Waals surface area (Å²) >= 11 is 3.55. The van der Waals surface area contributed by atoms with Crippen molar-refractivity contribution in [3.05, 3.63) is 28.4 Å². The minimum atomic E-state index is -0.975. The van der Waals surface area contributed by atoms with E-state index in [1.54, 1.807) is 12.3 Å². The third kappa shape index (κ3) is 7.00. The van der Waals surface area contributed by atoms with E-state index in [0.29, 0.717) is 65.6 Å². The molecule has 1 aromatic rings. The number of hydrogen-bond donors (Lipinski definition) is 5. The molecule has 4 heterocycles. The van der Waals surface area contributed by atoms with Crippen LogP contribution < -0.4 is 27.0 Å². The van der Waals surface area contributed by atoms with Crippen molar-refractivity contribution in [2.24, 2.45) is 10.7 Å². The summed E-state index contributed by atoms with van der Waals surface area (Å²) < 4.78 is 0.483. The van der Waals surface area contributed by atoms with Gasteiger partial charge in [-0.3, -0.25) is 0 Å². The molecule has 1 fully saturated rings. The molecule has 4 unspecified atom stereocenters. The second-order valence-electron chi connectivity index (χ2n) is 9.79. The molecule has 209 valence electrons. The van der Waals surface area contributed by atoms with Crippen LogP contribution in [0.4, 0.5) is 0 Å². The van der Waals surface area contributed by atoms with E-state index in [9.17, 15) is 19.2 Å². The van der Waals surface area contributed by atoms with Crippen LogP contribution >= 0.6 is 23.1 Å². The average molecular weight is 769 g/mol. The number of thiazole rings is 1. The zero-order valence-electron chi connectivity index (χ0n) is 21.9. The van der Waals surface area contributed by atoms with Gasteiger partial charge < -0.3 is 0 Å². The van der Waals surface area contributed by atoms with E-state index in [1.165, 1.54) is 28.0 Å². The number of carbonyl (C=O) groups excluding carboxylic acids is 4. The number of carbonyl (C=O) groups is 4. The van der Waals surface area contributed by atoms with Crippen LogP contribution in [0.2, 0.25) is 3.98 Å². The fraction of sp³-hybridized carbons (Fsp3) is 0.583. The fourth-order valence-corrected chi connectivity index (χ4v) is 7.50. The van der Waals surface area contributed by atoms with Crippen molar-refractivity contribution in [1.82, 2.24) is 31.2 Å². The van der Waals surface area contributed by atoms with E-state index >= 15 is 0 Å². The van der Waals surface area contributed by atoms with Gasteiger partial charge in [-0.15, -0.1) is 11.8 Å². The summed E-state index contributed by atoms with van der Waals surface area (Å²) in [5.74, 6) is -0.913. The Balaban J connectivity index is 1.61. The van der Waals surface area contributed by atoms with Gasteiger partial charge in [0.05, 0.1) is 0 Å². The molecular formula is C24H33N8O4PbS2. The van der Waals surface area contributed by atoms with Crippen molar-refractivity contribution in [1.29, 1.82) is 0 Å². The Hall–Kier alpha value is -2.05. The molecule has 1 saturated heterocycles. The molecule has 15 heteroatoms. The summed E-state index contributed by atoms with van der Waals surface area (Å²) in [4.78, 5) is 63.5. The van der Waals surface area contributed by atoms with Crippen LogP contribution in [-0.2, 0) is 14.4 Å². The van der Waals surface area contributed by atoms with E-state index < -0.39 is 41.9 Å². The molecule has 12 nitrogen and oxygen atoms in total. The SMILES string of the molecule is C=C1N[C@H](C)c2nc(cs2)C(=O)NC([CH2][Pb])C(=O)N2CCCC2C(=O)NC([C@@H](C)N)C(=O)NCC2=NC1CS2. The molecule has 0 saturated carbocycles. The number of amides is 4. The van der Waals surface area contributed by atoms with Crippen molar-refractivity contribution in [2.45, 2.75) is 66.9 Å². The molecule has 6 N–H and O–H groups in total. The number of aromatic nitrogens is 1. The zero-order valence-corrected chi connectivity index (χ0v) is 27.4. The topological polar surface area (TPSA) is 171 Å². The van der Waals surface area contributed by atoms with Gasteiger partial charge in [-0.05, 0) is 0 Å². The molecule has 3 radical (unpaired) electrons. The predicted octanol–water partition coefficient (Wildman–Crippen LogP) is -0.541. The number of nitrogens with zero attached hydrogens (tertiary/aromatic N) is 3. The Bertz CT molecular complexity index is 1170. The van der Waals surface area contributed by atoms with E-state index in [4.69, 9.17) is 5.73 Å². The van der Waals surface area contributed by atoms with E-state index in [1.807, 2.05) is 6.92 Å². The Labute approximate surface area is 251 Å². The van der Waals surface area contributed by atoms with Crippen LogP contribution in [0.3, 0.4) is 0 Å². The minimum absolute atomic E-state index is 0.182. The van der Waals surface area contributed by atoms with Crippen LogP contribution in [0.5, 0.6) is 0 Å². The number of rotatable bonds is 2. The molecule has 0 spiro atoms. The number of fused-ring (bicyclic) bond motifs is 4. The fourth-order valence-electron chi connectivity index (χ4n) is 4.62. The average Bonchev–Trinajstić information content (AvgIpc) is 3.68. The van der Waals surface area contributed by atoms with Crippen LogP contribution in [0.15, 0.2) is 22.6 Å². The van der Waals surface area contributed by atoms with Gasteiger partial charge in [-0.2, -0.15) is 0 Å². The summed E-state index contributed by atoms with van der Waals surface area (Å²) in [5.41, 5.74) is 7.03. The molecule has 6 atom stereocenters. The van der Waals surface area contributed by atoms with Gasteiger partial charge >= 0.3 is 241 Å².